The fraction of sp³-hybridized carbons (Fsp3) is 0.733. The van der Waals surface area contributed by atoms with Crippen molar-refractivity contribution in [2.75, 3.05) is 19.6 Å². The molecule has 2 unspecified atom stereocenters. The van der Waals surface area contributed by atoms with Crippen molar-refractivity contribution in [2.24, 2.45) is 11.8 Å². The summed E-state index contributed by atoms with van der Waals surface area (Å²) in [6.45, 7) is 36.8. The molecule has 0 aromatic rings. The van der Waals surface area contributed by atoms with E-state index in [9.17, 15) is 0 Å². The first-order valence-electron chi connectivity index (χ1n) is 12.2. The number of nitrogens with zero attached hydrogens (tertiary/aromatic N) is 2. The molecule has 1 fully saturated rings. The van der Waals surface area contributed by atoms with E-state index in [1.54, 1.807) is 0 Å². The van der Waals surface area contributed by atoms with E-state index < -0.39 is 0 Å². The van der Waals surface area contributed by atoms with Gasteiger partial charge in [-0.2, -0.15) is 89.3 Å². The van der Waals surface area contributed by atoms with Gasteiger partial charge in [-0.3, -0.25) is 0 Å². The fourth-order valence-corrected chi connectivity index (χ4v) is 2.16. The Morgan fingerprint density at radius 3 is 1.09 bits per heavy atom. The number of hydrogen-bond acceptors (Lipinski definition) is 0. The van der Waals surface area contributed by atoms with Crippen molar-refractivity contribution in [3.8, 4) is 0 Å². The van der Waals surface area contributed by atoms with E-state index in [4.69, 9.17) is 0 Å². The minimum absolute atomic E-state index is 0. The summed E-state index contributed by atoms with van der Waals surface area (Å²) in [6, 6.07) is 0. The molecule has 0 bridgehead atoms. The average molecular weight is 521 g/mol. The molecule has 0 aromatic heterocycles. The summed E-state index contributed by atoms with van der Waals surface area (Å²) in [5.41, 5.74) is 2.61. The Bertz CT molecular complexity index is 391. The zero-order valence-corrected chi connectivity index (χ0v) is 29.0. The monoisotopic (exact) mass is 520 g/mol. The van der Waals surface area contributed by atoms with Gasteiger partial charge in [0.15, 0.2) is 0 Å². The van der Waals surface area contributed by atoms with Crippen molar-refractivity contribution in [1.82, 2.24) is 0 Å². The molecule has 2 atom stereocenters. The van der Waals surface area contributed by atoms with E-state index in [1.165, 1.54) is 41.2 Å². The molecule has 0 radical (unpaired) electrons. The maximum absolute atomic E-state index is 4.34. The number of piperidine rings is 1. The first kappa shape index (κ1) is 51.8. The van der Waals surface area contributed by atoms with E-state index in [-0.39, 0.29) is 40.2 Å². The Kier molecular flexibility index (Phi) is 53.9. The molecule has 0 aliphatic carbocycles. The molecule has 5 heteroatoms. The molecule has 35 heavy (non-hydrogen) atoms. The van der Waals surface area contributed by atoms with Crippen molar-refractivity contribution < 1.29 is 5.48 Å². The van der Waals surface area contributed by atoms with Gasteiger partial charge in [0.1, 0.15) is 0 Å². The van der Waals surface area contributed by atoms with Crippen molar-refractivity contribution in [2.45, 2.75) is 117 Å². The molecule has 0 spiro atoms. The third-order valence-corrected chi connectivity index (χ3v) is 2.80. The molecule has 2 rings (SSSR count). The van der Waals surface area contributed by atoms with Crippen LogP contribution in [0.1, 0.15) is 117 Å². The summed E-state index contributed by atoms with van der Waals surface area (Å²) in [7, 11) is 0. The summed E-state index contributed by atoms with van der Waals surface area (Å²) >= 11 is 0. The number of allylic oxidation sites excluding steroid dienone is 2. The number of rotatable bonds is 0. The Hall–Kier alpha value is 0.265. The van der Waals surface area contributed by atoms with Gasteiger partial charge in [-0.05, 0) is 13.8 Å². The minimum atomic E-state index is 0. The topological polar surface area (TPSA) is 59.7 Å². The normalized spacial score (nSPS) is 17.5. The predicted octanol–water partition coefficient (Wildman–Crippen LogP) is 9.16. The average Bonchev–Trinajstić information content (AvgIpc) is 2.52. The summed E-state index contributed by atoms with van der Waals surface area (Å²) in [6.07, 6.45) is 5.45. The van der Waals surface area contributed by atoms with Crippen LogP contribution in [-0.2, 0) is 0 Å². The molecule has 204 valence electrons. The van der Waals surface area contributed by atoms with Gasteiger partial charge in [-0.15, -0.1) is 19.6 Å². The van der Waals surface area contributed by atoms with E-state index in [2.05, 4.69) is 127 Å². The summed E-state index contributed by atoms with van der Waals surface area (Å²) in [4.78, 5) is 0. The third kappa shape index (κ3) is 86.9. The van der Waals surface area contributed by atoms with Gasteiger partial charge in [-0.25, -0.2) is 0 Å². The molecular weight excluding hydrogens is 458 g/mol. The quantitative estimate of drug-likeness (QED) is 0.226. The van der Waals surface area contributed by atoms with Crippen LogP contribution in [0.5, 0.6) is 0 Å². The Morgan fingerprint density at radius 2 is 0.943 bits per heavy atom. The minimum Gasteiger partial charge on any atom is -0.687 e. The molecule has 0 saturated carbocycles. The second-order valence-corrected chi connectivity index (χ2v) is 11.2. The van der Waals surface area contributed by atoms with Gasteiger partial charge in [0.25, 0.3) is 0 Å². The molecule has 2 heterocycles. The molecule has 0 aromatic carbocycles. The van der Waals surface area contributed by atoms with Crippen LogP contribution in [0.3, 0.4) is 0 Å². The summed E-state index contributed by atoms with van der Waals surface area (Å²) < 4.78 is 0. The summed E-state index contributed by atoms with van der Waals surface area (Å²) in [5.74, 6) is 7.36. The fourth-order valence-electron chi connectivity index (χ4n) is 2.16. The zero-order chi connectivity index (χ0) is 26.3. The standard InChI is InChI=1S/C7H14N.C7H10N.4C4H9.2Al.H2O/c2*1-6-3-7(2)5-8-4-6;4*1-4(2)3;;;/h6-7H,3-5H2,1-2H3;3-4H,5H2,1-2H3;4*1-3H3;;;1H2/q6*-1;2*+3;. The summed E-state index contributed by atoms with van der Waals surface area (Å²) in [5, 5.41) is 8.45. The molecule has 0 amide bonds. The van der Waals surface area contributed by atoms with Crippen LogP contribution < -0.4 is 0 Å². The Balaban J connectivity index is -0.0000000549. The van der Waals surface area contributed by atoms with E-state index in [0.29, 0.717) is 0 Å². The van der Waals surface area contributed by atoms with Gasteiger partial charge in [0.2, 0.25) is 0 Å². The van der Waals surface area contributed by atoms with Crippen LogP contribution in [0.25, 0.3) is 10.6 Å². The molecule has 1 saturated heterocycles. The molecular formula is C30H62Al2N2O. The van der Waals surface area contributed by atoms with Crippen molar-refractivity contribution in [3.05, 3.63) is 57.7 Å². The smallest absolute Gasteiger partial charge is 0.687 e. The molecule has 3 nitrogen and oxygen atoms in total. The predicted molar refractivity (Wildman–Crippen MR) is 168 cm³/mol. The van der Waals surface area contributed by atoms with Gasteiger partial charge in [-0.1, -0.05) is 49.3 Å². The maximum Gasteiger partial charge on any atom is 3.00 e. The van der Waals surface area contributed by atoms with Crippen LogP contribution in [0.2, 0.25) is 0 Å². The first-order valence-corrected chi connectivity index (χ1v) is 12.2. The van der Waals surface area contributed by atoms with E-state index in [0.717, 1.165) is 31.5 Å². The second-order valence-electron chi connectivity index (χ2n) is 11.2. The zero-order valence-electron chi connectivity index (χ0n) is 26.7. The van der Waals surface area contributed by atoms with Crippen molar-refractivity contribution >= 4 is 34.7 Å². The van der Waals surface area contributed by atoms with Gasteiger partial charge >= 0.3 is 34.7 Å². The van der Waals surface area contributed by atoms with Crippen LogP contribution >= 0.6 is 0 Å². The van der Waals surface area contributed by atoms with Crippen LogP contribution in [0.4, 0.5) is 0 Å². The molecule has 2 aliphatic heterocycles. The van der Waals surface area contributed by atoms with Crippen LogP contribution in [0, 0.1) is 35.5 Å². The first-order chi connectivity index (χ1) is 14.5. The third-order valence-electron chi connectivity index (χ3n) is 2.80. The van der Waals surface area contributed by atoms with E-state index in [1.807, 2.05) is 6.20 Å². The Morgan fingerprint density at radius 1 is 0.657 bits per heavy atom. The van der Waals surface area contributed by atoms with Crippen LogP contribution in [0.15, 0.2) is 23.4 Å². The maximum atomic E-state index is 4.34. The van der Waals surface area contributed by atoms with Gasteiger partial charge in [0, 0.05) is 0 Å². The molecule has 2 N–H and O–H groups in total. The van der Waals surface area contributed by atoms with E-state index >= 15 is 0 Å². The van der Waals surface area contributed by atoms with Gasteiger partial charge in [0.05, 0.1) is 0 Å². The van der Waals surface area contributed by atoms with Gasteiger partial charge < -0.3 is 39.8 Å². The van der Waals surface area contributed by atoms with Crippen LogP contribution in [-0.4, -0.2) is 59.8 Å². The largest absolute Gasteiger partial charge is 3.00 e. The number of hydrogen-bond donors (Lipinski definition) is 0. The molecule has 2 aliphatic rings. The van der Waals surface area contributed by atoms with Crippen molar-refractivity contribution in [3.63, 3.8) is 0 Å². The SMILES string of the molecule is CC1=C[N-]CC(C)=C1.CC1C[N-]CC(C)C1.C[C-](C)C.C[C-](C)C.C[C-](C)C.C[C-](C)C.O.[Al+3].[Al+3]. The second kappa shape index (κ2) is 36.4. The van der Waals surface area contributed by atoms with Crippen molar-refractivity contribution in [1.29, 1.82) is 0 Å². The Labute approximate surface area is 245 Å².